The first kappa shape index (κ1) is 23.9. The smallest absolute Gasteiger partial charge is 0.251 e. The van der Waals surface area contributed by atoms with Crippen molar-refractivity contribution in [1.82, 2.24) is 9.62 Å². The molecule has 0 radical (unpaired) electrons. The number of sulfonamides is 1. The van der Waals surface area contributed by atoms with Crippen LogP contribution in [0, 0.1) is 0 Å². The third kappa shape index (κ3) is 5.73. The Bertz CT molecular complexity index is 1080. The van der Waals surface area contributed by atoms with Gasteiger partial charge in [-0.1, -0.05) is 31.2 Å². The quantitative estimate of drug-likeness (QED) is 0.662. The number of para-hydroxylation sites is 1. The third-order valence-corrected chi connectivity index (χ3v) is 7.03. The largest absolute Gasteiger partial charge is 0.373 e. The van der Waals surface area contributed by atoms with Gasteiger partial charge in [-0.25, -0.2) is 8.42 Å². The van der Waals surface area contributed by atoms with E-state index >= 15 is 0 Å². The Morgan fingerprint density at radius 2 is 1.75 bits per heavy atom. The summed E-state index contributed by atoms with van der Waals surface area (Å²) in [4.78, 5) is 24.9. The van der Waals surface area contributed by atoms with Crippen LogP contribution in [0.3, 0.4) is 0 Å². The molecular formula is C23H29N3O5S. The number of ether oxygens (including phenoxy) is 1. The lowest BCUT2D eigenvalue weighted by atomic mass is 10.1. The van der Waals surface area contributed by atoms with Gasteiger partial charge in [0.2, 0.25) is 15.9 Å². The van der Waals surface area contributed by atoms with Gasteiger partial charge in [0.15, 0.2) is 0 Å². The summed E-state index contributed by atoms with van der Waals surface area (Å²) in [5.41, 5.74) is 1.87. The summed E-state index contributed by atoms with van der Waals surface area (Å²) in [6, 6.07) is 13.3. The van der Waals surface area contributed by atoms with E-state index in [2.05, 4.69) is 10.6 Å². The number of nitrogens with one attached hydrogen (secondary N) is 2. The Hall–Kier alpha value is -2.75. The molecule has 2 amide bonds. The molecule has 0 saturated carbocycles. The minimum atomic E-state index is -3.77. The highest BCUT2D eigenvalue weighted by Crippen LogP contribution is 2.22. The van der Waals surface area contributed by atoms with Crippen LogP contribution in [-0.4, -0.2) is 56.4 Å². The van der Waals surface area contributed by atoms with Gasteiger partial charge < -0.3 is 15.4 Å². The van der Waals surface area contributed by atoms with E-state index in [-0.39, 0.29) is 48.2 Å². The zero-order valence-corrected chi connectivity index (χ0v) is 19.3. The molecule has 0 spiro atoms. The third-order valence-electron chi connectivity index (χ3n) is 5.20. The number of carbonyl (C=O) groups is 2. The minimum Gasteiger partial charge on any atom is -0.373 e. The van der Waals surface area contributed by atoms with Crippen molar-refractivity contribution < 1.29 is 22.7 Å². The van der Waals surface area contributed by atoms with Gasteiger partial charge in [0, 0.05) is 24.3 Å². The van der Waals surface area contributed by atoms with Crippen LogP contribution in [0.5, 0.6) is 0 Å². The first-order valence-corrected chi connectivity index (χ1v) is 12.1. The summed E-state index contributed by atoms with van der Waals surface area (Å²) >= 11 is 0. The normalized spacial score (nSPS) is 19.3. The fourth-order valence-electron chi connectivity index (χ4n) is 3.68. The summed E-state index contributed by atoms with van der Waals surface area (Å²) in [6.45, 7) is 5.92. The summed E-state index contributed by atoms with van der Waals surface area (Å²) in [5.74, 6) is -0.885. The van der Waals surface area contributed by atoms with Crippen molar-refractivity contribution in [3.63, 3.8) is 0 Å². The van der Waals surface area contributed by atoms with Crippen molar-refractivity contribution in [2.75, 3.05) is 25.0 Å². The fourth-order valence-corrected chi connectivity index (χ4v) is 5.32. The second-order valence-electron chi connectivity index (χ2n) is 7.85. The van der Waals surface area contributed by atoms with Gasteiger partial charge in [-0.05, 0) is 50.1 Å². The molecule has 9 heteroatoms. The molecule has 3 rings (SSSR count). The van der Waals surface area contributed by atoms with Crippen LogP contribution in [0.15, 0.2) is 53.4 Å². The summed E-state index contributed by atoms with van der Waals surface area (Å²) in [7, 11) is -3.77. The predicted octanol–water partition coefficient (Wildman–Crippen LogP) is 2.42. The van der Waals surface area contributed by atoms with Crippen LogP contribution >= 0.6 is 0 Å². The lowest BCUT2D eigenvalue weighted by molar-refractivity contribution is -0.115. The van der Waals surface area contributed by atoms with Gasteiger partial charge in [0.05, 0.1) is 23.6 Å². The summed E-state index contributed by atoms with van der Waals surface area (Å²) in [6.07, 6.45) is 0.345. The Balaban J connectivity index is 1.65. The van der Waals surface area contributed by atoms with Gasteiger partial charge in [0.1, 0.15) is 0 Å². The molecule has 2 atom stereocenters. The highest BCUT2D eigenvalue weighted by molar-refractivity contribution is 7.89. The number of benzene rings is 2. The summed E-state index contributed by atoms with van der Waals surface area (Å²) in [5, 5.41) is 5.34. The number of hydrogen-bond acceptors (Lipinski definition) is 5. The molecule has 1 saturated heterocycles. The number of amides is 2. The molecular weight excluding hydrogens is 430 g/mol. The molecule has 0 aliphatic carbocycles. The molecule has 0 bridgehead atoms. The topological polar surface area (TPSA) is 105 Å². The number of hydrogen-bond donors (Lipinski definition) is 2. The molecule has 32 heavy (non-hydrogen) atoms. The van der Waals surface area contributed by atoms with Crippen LogP contribution in [0.2, 0.25) is 0 Å². The monoisotopic (exact) mass is 459 g/mol. The molecule has 1 fully saturated rings. The zero-order valence-electron chi connectivity index (χ0n) is 18.5. The number of rotatable bonds is 7. The fraction of sp³-hybridized carbons (Fsp3) is 0.391. The van der Waals surface area contributed by atoms with Crippen LogP contribution in [0.4, 0.5) is 5.69 Å². The SMILES string of the molecule is CCc1ccccc1NC(=O)CNC(=O)c1cccc(S(=O)(=O)N2C[C@@H](C)O[C@H](C)C2)c1. The van der Waals surface area contributed by atoms with E-state index in [1.807, 2.05) is 39.0 Å². The molecule has 0 unspecified atom stereocenters. The van der Waals surface area contributed by atoms with E-state index in [9.17, 15) is 18.0 Å². The van der Waals surface area contributed by atoms with Gasteiger partial charge in [-0.2, -0.15) is 4.31 Å². The van der Waals surface area contributed by atoms with E-state index in [1.165, 1.54) is 28.6 Å². The van der Waals surface area contributed by atoms with Crippen molar-refractivity contribution in [2.45, 2.75) is 44.3 Å². The van der Waals surface area contributed by atoms with Crippen LogP contribution in [-0.2, 0) is 26.0 Å². The maximum Gasteiger partial charge on any atom is 0.251 e. The number of anilines is 1. The van der Waals surface area contributed by atoms with Gasteiger partial charge in [0.25, 0.3) is 5.91 Å². The second kappa shape index (κ2) is 10.2. The summed E-state index contributed by atoms with van der Waals surface area (Å²) < 4.78 is 33.1. The average Bonchev–Trinajstić information content (AvgIpc) is 2.77. The molecule has 1 aliphatic heterocycles. The van der Waals surface area contributed by atoms with Crippen molar-refractivity contribution in [2.24, 2.45) is 0 Å². The minimum absolute atomic E-state index is 0.0350. The molecule has 2 aromatic rings. The number of carbonyl (C=O) groups excluding carboxylic acids is 2. The van der Waals surface area contributed by atoms with E-state index < -0.39 is 15.9 Å². The van der Waals surface area contributed by atoms with Crippen molar-refractivity contribution >= 4 is 27.5 Å². The Labute approximate surface area is 189 Å². The van der Waals surface area contributed by atoms with Crippen LogP contribution < -0.4 is 10.6 Å². The molecule has 172 valence electrons. The molecule has 8 nitrogen and oxygen atoms in total. The molecule has 1 aliphatic rings. The second-order valence-corrected chi connectivity index (χ2v) is 9.79. The number of aryl methyl sites for hydroxylation is 1. The average molecular weight is 460 g/mol. The highest BCUT2D eigenvalue weighted by atomic mass is 32.2. The molecule has 1 heterocycles. The van der Waals surface area contributed by atoms with Gasteiger partial charge >= 0.3 is 0 Å². The maximum atomic E-state index is 13.1. The number of morpholine rings is 1. The van der Waals surface area contributed by atoms with E-state index in [4.69, 9.17) is 4.74 Å². The van der Waals surface area contributed by atoms with E-state index in [1.54, 1.807) is 6.07 Å². The molecule has 2 aromatic carbocycles. The Kier molecular flexibility index (Phi) is 7.65. The Morgan fingerprint density at radius 3 is 2.44 bits per heavy atom. The maximum absolute atomic E-state index is 13.1. The van der Waals surface area contributed by atoms with E-state index in [0.717, 1.165) is 12.0 Å². The molecule has 2 N–H and O–H groups in total. The predicted molar refractivity (Wildman–Crippen MR) is 122 cm³/mol. The van der Waals surface area contributed by atoms with Crippen LogP contribution in [0.25, 0.3) is 0 Å². The van der Waals surface area contributed by atoms with Crippen molar-refractivity contribution in [1.29, 1.82) is 0 Å². The first-order chi connectivity index (χ1) is 15.2. The standard InChI is InChI=1S/C23H29N3O5S/c1-4-18-8-5-6-11-21(18)25-22(27)13-24-23(28)19-9-7-10-20(12-19)32(29,30)26-14-16(2)31-17(3)15-26/h5-12,16-17H,4,13-15H2,1-3H3,(H,24,28)(H,25,27)/t16-,17-/m1/s1. The first-order valence-electron chi connectivity index (χ1n) is 10.6. The Morgan fingerprint density at radius 1 is 1.06 bits per heavy atom. The zero-order chi connectivity index (χ0) is 23.3. The van der Waals surface area contributed by atoms with Gasteiger partial charge in [-0.15, -0.1) is 0 Å². The highest BCUT2D eigenvalue weighted by Gasteiger charge is 2.32. The number of nitrogens with zero attached hydrogens (tertiary/aromatic N) is 1. The van der Waals surface area contributed by atoms with Crippen molar-refractivity contribution in [3.05, 3.63) is 59.7 Å². The van der Waals surface area contributed by atoms with Crippen molar-refractivity contribution in [3.8, 4) is 0 Å². The van der Waals surface area contributed by atoms with Crippen LogP contribution in [0.1, 0.15) is 36.7 Å². The van der Waals surface area contributed by atoms with E-state index in [0.29, 0.717) is 5.69 Å². The lowest BCUT2D eigenvalue weighted by Gasteiger charge is -2.34. The molecule has 0 aromatic heterocycles. The lowest BCUT2D eigenvalue weighted by Crippen LogP contribution is -2.48. The van der Waals surface area contributed by atoms with Gasteiger partial charge in [-0.3, -0.25) is 9.59 Å².